The fourth-order valence-corrected chi connectivity index (χ4v) is 1.02. The summed E-state index contributed by atoms with van der Waals surface area (Å²) in [6.45, 7) is 0. The zero-order valence-corrected chi connectivity index (χ0v) is 6.90. The van der Waals surface area contributed by atoms with Crippen molar-refractivity contribution >= 4 is 11.8 Å². The van der Waals surface area contributed by atoms with E-state index < -0.39 is 5.97 Å². The maximum Gasteiger partial charge on any atom is 0.358 e. The molecule has 5 heteroatoms. The first-order valence-corrected chi connectivity index (χ1v) is 4.08. The number of carboxylic acids is 1. The molecule has 0 amide bonds. The van der Waals surface area contributed by atoms with Gasteiger partial charge in [0.15, 0.2) is 11.5 Å². The summed E-state index contributed by atoms with van der Waals surface area (Å²) in [5.74, 6) is -0.672. The van der Waals surface area contributed by atoms with Crippen LogP contribution < -0.4 is 5.32 Å². The lowest BCUT2D eigenvalue weighted by Crippen LogP contribution is -2.11. The van der Waals surface area contributed by atoms with Crippen LogP contribution in [0.2, 0.25) is 0 Å². The Morgan fingerprint density at radius 3 is 2.77 bits per heavy atom. The molecule has 0 aliphatic heterocycles. The lowest BCUT2D eigenvalue weighted by Gasteiger charge is -2.04. The van der Waals surface area contributed by atoms with Gasteiger partial charge in [-0.3, -0.25) is 0 Å². The highest BCUT2D eigenvalue weighted by molar-refractivity contribution is 5.90. The van der Waals surface area contributed by atoms with Gasteiger partial charge < -0.3 is 10.4 Å². The molecule has 0 unspecified atom stereocenters. The fraction of sp³-hybridized carbons (Fsp3) is 0.375. The number of nitrogens with one attached hydrogen (secondary N) is 1. The van der Waals surface area contributed by atoms with Crippen molar-refractivity contribution in [1.82, 2.24) is 9.97 Å². The second kappa shape index (κ2) is 3.01. The molecule has 0 radical (unpaired) electrons. The average molecular weight is 179 g/mol. The molecule has 68 valence electrons. The summed E-state index contributed by atoms with van der Waals surface area (Å²) >= 11 is 0. The van der Waals surface area contributed by atoms with E-state index in [1.54, 1.807) is 0 Å². The van der Waals surface area contributed by atoms with Crippen LogP contribution in [0.15, 0.2) is 12.4 Å². The van der Waals surface area contributed by atoms with Crippen LogP contribution in [-0.2, 0) is 0 Å². The van der Waals surface area contributed by atoms with Gasteiger partial charge in [-0.15, -0.1) is 0 Å². The van der Waals surface area contributed by atoms with Crippen LogP contribution in [0.4, 0.5) is 5.82 Å². The molecule has 13 heavy (non-hydrogen) atoms. The fourth-order valence-electron chi connectivity index (χ4n) is 1.02. The molecule has 1 aliphatic rings. The van der Waals surface area contributed by atoms with Gasteiger partial charge in [0, 0.05) is 18.4 Å². The SMILES string of the molecule is O=C(O)c1nccnc1NC1CC1. The zero-order chi connectivity index (χ0) is 9.26. The van der Waals surface area contributed by atoms with Crippen molar-refractivity contribution in [1.29, 1.82) is 0 Å². The Balaban J connectivity index is 2.25. The number of carbonyl (C=O) groups is 1. The topological polar surface area (TPSA) is 75.1 Å². The minimum atomic E-state index is -1.05. The molecule has 1 aliphatic carbocycles. The van der Waals surface area contributed by atoms with E-state index in [2.05, 4.69) is 15.3 Å². The van der Waals surface area contributed by atoms with Crippen molar-refractivity contribution in [3.8, 4) is 0 Å². The van der Waals surface area contributed by atoms with Crippen molar-refractivity contribution in [3.05, 3.63) is 18.1 Å². The van der Waals surface area contributed by atoms with Crippen LogP contribution in [0.3, 0.4) is 0 Å². The molecule has 0 atom stereocenters. The molecule has 1 aromatic heterocycles. The number of hydrogen-bond acceptors (Lipinski definition) is 4. The number of rotatable bonds is 3. The summed E-state index contributed by atoms with van der Waals surface area (Å²) in [6, 6.07) is 0.384. The molecule has 1 heterocycles. The maximum atomic E-state index is 10.7. The van der Waals surface area contributed by atoms with Gasteiger partial charge in [-0.2, -0.15) is 0 Å². The quantitative estimate of drug-likeness (QED) is 0.716. The van der Waals surface area contributed by atoms with Crippen molar-refractivity contribution in [2.45, 2.75) is 18.9 Å². The Morgan fingerprint density at radius 1 is 1.46 bits per heavy atom. The molecule has 1 fully saturated rings. The largest absolute Gasteiger partial charge is 0.476 e. The van der Waals surface area contributed by atoms with E-state index in [1.165, 1.54) is 12.4 Å². The third-order valence-corrected chi connectivity index (χ3v) is 1.82. The van der Waals surface area contributed by atoms with Crippen molar-refractivity contribution in [3.63, 3.8) is 0 Å². The summed E-state index contributed by atoms with van der Waals surface area (Å²) in [4.78, 5) is 18.3. The normalized spacial score (nSPS) is 15.4. The minimum Gasteiger partial charge on any atom is -0.476 e. The summed E-state index contributed by atoms with van der Waals surface area (Å²) in [7, 11) is 0. The number of aromatic nitrogens is 2. The Kier molecular flexibility index (Phi) is 1.84. The van der Waals surface area contributed by atoms with E-state index in [-0.39, 0.29) is 5.69 Å². The van der Waals surface area contributed by atoms with Crippen LogP contribution in [0.1, 0.15) is 23.3 Å². The van der Waals surface area contributed by atoms with Gasteiger partial charge in [-0.05, 0) is 12.8 Å². The van der Waals surface area contributed by atoms with Crippen molar-refractivity contribution in [2.75, 3.05) is 5.32 Å². The second-order valence-corrected chi connectivity index (χ2v) is 2.98. The summed E-state index contributed by atoms with van der Waals surface area (Å²) in [6.07, 6.45) is 5.02. The first-order chi connectivity index (χ1) is 6.27. The molecule has 0 saturated heterocycles. The second-order valence-electron chi connectivity index (χ2n) is 2.98. The molecular weight excluding hydrogens is 170 g/mol. The third kappa shape index (κ3) is 1.74. The molecule has 1 saturated carbocycles. The number of nitrogens with zero attached hydrogens (tertiary/aromatic N) is 2. The number of carboxylic acid groups (broad SMARTS) is 1. The van der Waals surface area contributed by atoms with Gasteiger partial charge in [-0.25, -0.2) is 14.8 Å². The molecule has 2 rings (SSSR count). The number of aromatic carboxylic acids is 1. The van der Waals surface area contributed by atoms with Crippen molar-refractivity contribution in [2.24, 2.45) is 0 Å². The Bertz CT molecular complexity index is 336. The smallest absolute Gasteiger partial charge is 0.358 e. The standard InChI is InChI=1S/C8H9N3O2/c12-8(13)6-7(10-4-3-9-6)11-5-1-2-5/h3-5H,1-2H2,(H,10,11)(H,12,13). The van der Waals surface area contributed by atoms with E-state index in [0.717, 1.165) is 12.8 Å². The van der Waals surface area contributed by atoms with E-state index in [1.807, 2.05) is 0 Å². The van der Waals surface area contributed by atoms with Crippen LogP contribution >= 0.6 is 0 Å². The van der Waals surface area contributed by atoms with Crippen LogP contribution in [0, 0.1) is 0 Å². The minimum absolute atomic E-state index is 0.00519. The lowest BCUT2D eigenvalue weighted by molar-refractivity contribution is 0.0691. The van der Waals surface area contributed by atoms with E-state index in [9.17, 15) is 4.79 Å². The molecule has 2 N–H and O–H groups in total. The van der Waals surface area contributed by atoms with Gasteiger partial charge in [0.2, 0.25) is 0 Å². The summed E-state index contributed by atoms with van der Waals surface area (Å²) in [5.41, 5.74) is -0.00519. The third-order valence-electron chi connectivity index (χ3n) is 1.82. The first kappa shape index (κ1) is 7.97. The van der Waals surface area contributed by atoms with Gasteiger partial charge in [0.1, 0.15) is 0 Å². The number of anilines is 1. The Morgan fingerprint density at radius 2 is 2.15 bits per heavy atom. The highest BCUT2D eigenvalue weighted by Crippen LogP contribution is 2.24. The van der Waals surface area contributed by atoms with Gasteiger partial charge >= 0.3 is 5.97 Å². The molecule has 0 aromatic carbocycles. The van der Waals surface area contributed by atoms with Crippen LogP contribution in [-0.4, -0.2) is 27.1 Å². The predicted molar refractivity (Wildman–Crippen MR) is 45.6 cm³/mol. The number of hydrogen-bond donors (Lipinski definition) is 2. The van der Waals surface area contributed by atoms with Crippen molar-refractivity contribution < 1.29 is 9.90 Å². The highest BCUT2D eigenvalue weighted by atomic mass is 16.4. The van der Waals surface area contributed by atoms with E-state index in [0.29, 0.717) is 11.9 Å². The molecule has 1 aromatic rings. The highest BCUT2D eigenvalue weighted by Gasteiger charge is 2.24. The monoisotopic (exact) mass is 179 g/mol. The molecule has 0 bridgehead atoms. The van der Waals surface area contributed by atoms with E-state index >= 15 is 0 Å². The van der Waals surface area contributed by atoms with E-state index in [4.69, 9.17) is 5.11 Å². The maximum absolute atomic E-state index is 10.7. The summed E-state index contributed by atoms with van der Waals surface area (Å²) < 4.78 is 0. The van der Waals surface area contributed by atoms with Crippen LogP contribution in [0.5, 0.6) is 0 Å². The molecule has 0 spiro atoms. The van der Waals surface area contributed by atoms with Gasteiger partial charge in [0.25, 0.3) is 0 Å². The Hall–Kier alpha value is -1.65. The van der Waals surface area contributed by atoms with Gasteiger partial charge in [-0.1, -0.05) is 0 Å². The first-order valence-electron chi connectivity index (χ1n) is 4.08. The van der Waals surface area contributed by atoms with Crippen LogP contribution in [0.25, 0.3) is 0 Å². The molecular formula is C8H9N3O2. The summed E-state index contributed by atoms with van der Waals surface area (Å²) in [5, 5.41) is 11.8. The lowest BCUT2D eigenvalue weighted by atomic mass is 10.4. The Labute approximate surface area is 74.8 Å². The zero-order valence-electron chi connectivity index (χ0n) is 6.90. The van der Waals surface area contributed by atoms with Gasteiger partial charge in [0.05, 0.1) is 0 Å². The average Bonchev–Trinajstić information content (AvgIpc) is 2.89. The molecule has 5 nitrogen and oxygen atoms in total. The predicted octanol–water partition coefficient (Wildman–Crippen LogP) is 0.749.